The predicted molar refractivity (Wildman–Crippen MR) is 61.7 cm³/mol. The van der Waals surface area contributed by atoms with Crippen LogP contribution in [-0.2, 0) is 0 Å². The summed E-state index contributed by atoms with van der Waals surface area (Å²) in [6.07, 6.45) is 1.79. The molecule has 0 aliphatic rings. The molecule has 2 heterocycles. The van der Waals surface area contributed by atoms with E-state index in [1.54, 1.807) is 17.5 Å². The number of aryl methyl sites for hydroxylation is 1. The molecular formula is C10H9ClN2S. The number of nitrogens with zero attached hydrogens (tertiary/aromatic N) is 1. The molecule has 0 spiro atoms. The van der Waals surface area contributed by atoms with E-state index in [-0.39, 0.29) is 0 Å². The number of anilines is 1. The Labute approximate surface area is 91.4 Å². The Morgan fingerprint density at radius 1 is 1.50 bits per heavy atom. The maximum Gasteiger partial charge on any atom is 0.105 e. The fourth-order valence-electron chi connectivity index (χ4n) is 1.24. The van der Waals surface area contributed by atoms with E-state index in [0.29, 0.717) is 10.7 Å². The van der Waals surface area contributed by atoms with Crippen molar-refractivity contribution in [3.05, 3.63) is 34.3 Å². The molecule has 0 amide bonds. The smallest absolute Gasteiger partial charge is 0.105 e. The maximum absolute atomic E-state index is 6.00. The quantitative estimate of drug-likeness (QED) is 0.807. The number of thiophene rings is 1. The van der Waals surface area contributed by atoms with Crippen molar-refractivity contribution in [2.75, 3.05) is 5.73 Å². The molecule has 0 atom stereocenters. The van der Waals surface area contributed by atoms with Gasteiger partial charge in [0.25, 0.3) is 0 Å². The molecule has 2 N–H and O–H groups in total. The average molecular weight is 225 g/mol. The summed E-state index contributed by atoms with van der Waals surface area (Å²) in [5.74, 6) is 0. The molecule has 2 rings (SSSR count). The lowest BCUT2D eigenvalue weighted by atomic mass is 10.2. The number of nitrogen functional groups attached to an aromatic ring is 1. The Hall–Kier alpha value is -1.06. The van der Waals surface area contributed by atoms with Gasteiger partial charge in [-0.1, -0.05) is 11.6 Å². The molecule has 0 unspecified atom stereocenters. The maximum atomic E-state index is 6.00. The summed E-state index contributed by atoms with van der Waals surface area (Å²) in [6.45, 7) is 1.96. The van der Waals surface area contributed by atoms with Crippen molar-refractivity contribution in [1.82, 2.24) is 4.98 Å². The Kier molecular flexibility index (Phi) is 2.44. The Balaban J connectivity index is 2.58. The van der Waals surface area contributed by atoms with Crippen LogP contribution in [0.15, 0.2) is 23.7 Å². The first-order valence-electron chi connectivity index (χ1n) is 4.14. The normalized spacial score (nSPS) is 10.4. The summed E-state index contributed by atoms with van der Waals surface area (Å²) in [7, 11) is 0. The van der Waals surface area contributed by atoms with E-state index in [1.807, 2.05) is 24.4 Å². The minimum Gasteiger partial charge on any atom is -0.397 e. The van der Waals surface area contributed by atoms with Crippen molar-refractivity contribution < 1.29 is 0 Å². The SMILES string of the molecule is Cc1cnc(-c2sccc2Cl)c(N)c1. The van der Waals surface area contributed by atoms with Crippen LogP contribution >= 0.6 is 22.9 Å². The third kappa shape index (κ3) is 1.61. The minimum atomic E-state index is 0.675. The lowest BCUT2D eigenvalue weighted by Crippen LogP contribution is -1.93. The molecule has 0 radical (unpaired) electrons. The van der Waals surface area contributed by atoms with Crippen LogP contribution in [0.4, 0.5) is 5.69 Å². The molecule has 2 aromatic heterocycles. The van der Waals surface area contributed by atoms with Gasteiger partial charge in [-0.15, -0.1) is 11.3 Å². The number of aromatic nitrogens is 1. The van der Waals surface area contributed by atoms with Gasteiger partial charge in [0.2, 0.25) is 0 Å². The van der Waals surface area contributed by atoms with Gasteiger partial charge in [-0.05, 0) is 30.0 Å². The third-order valence-corrected chi connectivity index (χ3v) is 3.23. The van der Waals surface area contributed by atoms with E-state index in [9.17, 15) is 0 Å². The van der Waals surface area contributed by atoms with Gasteiger partial charge in [0.05, 0.1) is 15.6 Å². The second kappa shape index (κ2) is 3.59. The summed E-state index contributed by atoms with van der Waals surface area (Å²) in [5, 5.41) is 2.64. The van der Waals surface area contributed by atoms with Crippen molar-refractivity contribution >= 4 is 28.6 Å². The fourth-order valence-corrected chi connectivity index (χ4v) is 2.41. The van der Waals surface area contributed by atoms with Crippen molar-refractivity contribution in [2.24, 2.45) is 0 Å². The van der Waals surface area contributed by atoms with Crippen LogP contribution in [0.2, 0.25) is 5.02 Å². The minimum absolute atomic E-state index is 0.675. The van der Waals surface area contributed by atoms with E-state index in [4.69, 9.17) is 17.3 Å². The molecule has 0 saturated carbocycles. The van der Waals surface area contributed by atoms with E-state index in [1.165, 1.54) is 0 Å². The number of rotatable bonds is 1. The zero-order valence-corrected chi connectivity index (χ0v) is 9.19. The summed E-state index contributed by atoms with van der Waals surface area (Å²) in [4.78, 5) is 5.22. The predicted octanol–water partition coefficient (Wildman–Crippen LogP) is 3.35. The number of nitrogens with two attached hydrogens (primary N) is 1. The van der Waals surface area contributed by atoms with Crippen molar-refractivity contribution in [1.29, 1.82) is 0 Å². The Bertz CT molecular complexity index is 465. The van der Waals surface area contributed by atoms with Crippen LogP contribution < -0.4 is 5.73 Å². The Morgan fingerprint density at radius 3 is 2.86 bits per heavy atom. The van der Waals surface area contributed by atoms with Crippen LogP contribution in [0.25, 0.3) is 10.6 Å². The molecule has 0 bridgehead atoms. The standard InChI is InChI=1S/C10H9ClN2S/c1-6-4-8(12)9(13-5-6)10-7(11)2-3-14-10/h2-5H,12H2,1H3. The van der Waals surface area contributed by atoms with Gasteiger partial charge in [-0.3, -0.25) is 4.98 Å². The third-order valence-electron chi connectivity index (χ3n) is 1.89. The average Bonchev–Trinajstić information content (AvgIpc) is 2.52. The molecular weight excluding hydrogens is 216 g/mol. The molecule has 0 fully saturated rings. The first-order valence-corrected chi connectivity index (χ1v) is 5.39. The number of hydrogen-bond donors (Lipinski definition) is 1. The summed E-state index contributed by atoms with van der Waals surface area (Å²) in [6, 6.07) is 3.75. The summed E-state index contributed by atoms with van der Waals surface area (Å²) < 4.78 is 0. The first-order chi connectivity index (χ1) is 6.68. The van der Waals surface area contributed by atoms with Crippen molar-refractivity contribution in [2.45, 2.75) is 6.92 Å². The van der Waals surface area contributed by atoms with Crippen LogP contribution in [0, 0.1) is 6.92 Å². The molecule has 2 aromatic rings. The monoisotopic (exact) mass is 224 g/mol. The highest BCUT2D eigenvalue weighted by atomic mass is 35.5. The van der Waals surface area contributed by atoms with Crippen LogP contribution in [0.3, 0.4) is 0 Å². The van der Waals surface area contributed by atoms with E-state index < -0.39 is 0 Å². The molecule has 0 aliphatic heterocycles. The highest BCUT2D eigenvalue weighted by Gasteiger charge is 2.09. The molecule has 72 valence electrons. The highest BCUT2D eigenvalue weighted by molar-refractivity contribution is 7.14. The Morgan fingerprint density at radius 2 is 2.29 bits per heavy atom. The largest absolute Gasteiger partial charge is 0.397 e. The van der Waals surface area contributed by atoms with E-state index >= 15 is 0 Å². The zero-order valence-electron chi connectivity index (χ0n) is 7.62. The van der Waals surface area contributed by atoms with Gasteiger partial charge in [-0.25, -0.2) is 0 Å². The zero-order chi connectivity index (χ0) is 10.1. The molecule has 0 saturated heterocycles. The second-order valence-corrected chi connectivity index (χ2v) is 4.37. The lowest BCUT2D eigenvalue weighted by molar-refractivity contribution is 1.28. The van der Waals surface area contributed by atoms with Crippen LogP contribution in [0.5, 0.6) is 0 Å². The fraction of sp³-hybridized carbons (Fsp3) is 0.100. The number of pyridine rings is 1. The molecule has 2 nitrogen and oxygen atoms in total. The molecule has 0 aliphatic carbocycles. The topological polar surface area (TPSA) is 38.9 Å². The van der Waals surface area contributed by atoms with Gasteiger partial charge >= 0.3 is 0 Å². The lowest BCUT2D eigenvalue weighted by Gasteiger charge is -2.03. The van der Waals surface area contributed by atoms with Gasteiger partial charge in [0.1, 0.15) is 5.69 Å². The van der Waals surface area contributed by atoms with E-state index in [0.717, 1.165) is 16.1 Å². The number of halogens is 1. The van der Waals surface area contributed by atoms with Crippen LogP contribution in [0.1, 0.15) is 5.56 Å². The molecule has 0 aromatic carbocycles. The van der Waals surface area contributed by atoms with Gasteiger partial charge in [0, 0.05) is 6.20 Å². The highest BCUT2D eigenvalue weighted by Crippen LogP contribution is 2.34. The van der Waals surface area contributed by atoms with Gasteiger partial charge in [-0.2, -0.15) is 0 Å². The van der Waals surface area contributed by atoms with Crippen molar-refractivity contribution in [3.8, 4) is 10.6 Å². The van der Waals surface area contributed by atoms with Gasteiger partial charge in [0.15, 0.2) is 0 Å². The first kappa shape index (κ1) is 9.49. The molecule has 14 heavy (non-hydrogen) atoms. The second-order valence-electron chi connectivity index (χ2n) is 3.05. The molecule has 4 heteroatoms. The van der Waals surface area contributed by atoms with E-state index in [2.05, 4.69) is 4.98 Å². The summed E-state index contributed by atoms with van der Waals surface area (Å²) >= 11 is 7.55. The number of hydrogen-bond acceptors (Lipinski definition) is 3. The van der Waals surface area contributed by atoms with Crippen LogP contribution in [-0.4, -0.2) is 4.98 Å². The van der Waals surface area contributed by atoms with Crippen molar-refractivity contribution in [3.63, 3.8) is 0 Å². The van der Waals surface area contributed by atoms with Gasteiger partial charge < -0.3 is 5.73 Å². The summed E-state index contributed by atoms with van der Waals surface area (Å²) in [5.41, 5.74) is 8.37.